The number of carbonyl (C=O) groups excluding carboxylic acids is 2. The summed E-state index contributed by atoms with van der Waals surface area (Å²) >= 11 is 0. The first-order valence-electron chi connectivity index (χ1n) is 8.15. The quantitative estimate of drug-likeness (QED) is 0.576. The molecule has 0 atom stereocenters. The molecule has 0 aliphatic heterocycles. The molecule has 4 heteroatoms. The Morgan fingerprint density at radius 2 is 1.61 bits per heavy atom. The minimum Gasteiger partial charge on any atom is -0.465 e. The Labute approximate surface area is 114 Å². The number of rotatable bonds is 6. The average molecular weight is 255 g/mol. The molecule has 0 saturated carbocycles. The van der Waals surface area contributed by atoms with Crippen molar-refractivity contribution in [1.82, 2.24) is 0 Å². The summed E-state index contributed by atoms with van der Waals surface area (Å²) in [5.74, 6) is -3.07. The van der Waals surface area contributed by atoms with Gasteiger partial charge in [-0.15, -0.1) is 0 Å². The highest BCUT2D eigenvalue weighted by atomic mass is 16.6. The summed E-state index contributed by atoms with van der Waals surface area (Å²) in [5.41, 5.74) is -0.123. The van der Waals surface area contributed by atoms with Crippen LogP contribution in [0.5, 0.6) is 0 Å². The molecule has 18 heavy (non-hydrogen) atoms. The Morgan fingerprint density at radius 3 is 2.06 bits per heavy atom. The number of carbonyl (C=O) groups is 2. The molecule has 0 radical (unpaired) electrons. The van der Waals surface area contributed by atoms with E-state index in [0.717, 1.165) is 0 Å². The molecule has 0 fully saturated rings. The van der Waals surface area contributed by atoms with Gasteiger partial charge < -0.3 is 9.47 Å². The van der Waals surface area contributed by atoms with E-state index in [4.69, 9.17) is 16.3 Å². The lowest BCUT2D eigenvalue weighted by Gasteiger charge is -2.14. The summed E-state index contributed by atoms with van der Waals surface area (Å²) in [4.78, 5) is 23.9. The van der Waals surface area contributed by atoms with Crippen molar-refractivity contribution < 1.29 is 25.9 Å². The Balaban J connectivity index is 3.28. The molecular formula is C14H18O4. The highest BCUT2D eigenvalue weighted by molar-refractivity contribution is 5.95. The van der Waals surface area contributed by atoms with Crippen molar-refractivity contribution in [2.75, 3.05) is 13.2 Å². The van der Waals surface area contributed by atoms with Crippen molar-refractivity contribution in [2.45, 2.75) is 20.3 Å². The molecule has 0 bridgehead atoms. The van der Waals surface area contributed by atoms with Gasteiger partial charge in [0.1, 0.15) is 0 Å². The Morgan fingerprint density at radius 1 is 1.11 bits per heavy atom. The van der Waals surface area contributed by atoms with Gasteiger partial charge in [0, 0.05) is 0 Å². The average Bonchev–Trinajstić information content (AvgIpc) is 2.51. The van der Waals surface area contributed by atoms with Gasteiger partial charge in [0.2, 0.25) is 0 Å². The van der Waals surface area contributed by atoms with Crippen LogP contribution in [0.25, 0.3) is 0 Å². The van der Waals surface area contributed by atoms with Gasteiger partial charge in [0.15, 0.2) is 5.92 Å². The Kier molecular flexibility index (Phi) is 3.45. The topological polar surface area (TPSA) is 52.6 Å². The van der Waals surface area contributed by atoms with Crippen molar-refractivity contribution in [3.8, 4) is 0 Å². The van der Waals surface area contributed by atoms with Gasteiger partial charge in [-0.05, 0) is 25.8 Å². The van der Waals surface area contributed by atoms with E-state index in [2.05, 4.69) is 0 Å². The highest BCUT2D eigenvalue weighted by Gasteiger charge is 2.29. The highest BCUT2D eigenvalue weighted by Crippen LogP contribution is 2.12. The third-order valence-electron chi connectivity index (χ3n) is 2.10. The standard InChI is InChI=1S/C14H18O4/c1-3-17-13(15)12(14(16)18-4-2)10-11-8-6-5-7-9-11/h5-9,12H,3-4,10H2,1-2H3/i5D,6D,7D,8D,9D. The molecule has 1 aromatic rings. The fraction of sp³-hybridized carbons (Fsp3) is 0.429. The minimum absolute atomic E-state index is 0.0508. The zero-order chi connectivity index (χ0) is 17.7. The van der Waals surface area contributed by atoms with Gasteiger partial charge in [0.25, 0.3) is 0 Å². The van der Waals surface area contributed by atoms with Crippen molar-refractivity contribution in [1.29, 1.82) is 0 Å². The van der Waals surface area contributed by atoms with Crippen LogP contribution in [0, 0.1) is 5.92 Å². The van der Waals surface area contributed by atoms with Gasteiger partial charge >= 0.3 is 11.9 Å². The molecule has 0 unspecified atom stereocenters. The Hall–Kier alpha value is -1.84. The molecule has 0 saturated heterocycles. The first-order valence-corrected chi connectivity index (χ1v) is 5.65. The third-order valence-corrected chi connectivity index (χ3v) is 2.10. The number of ether oxygens (including phenoxy) is 2. The fourth-order valence-electron chi connectivity index (χ4n) is 1.33. The van der Waals surface area contributed by atoms with Gasteiger partial charge in [-0.1, -0.05) is 30.2 Å². The lowest BCUT2D eigenvalue weighted by molar-refractivity contribution is -0.161. The van der Waals surface area contributed by atoms with E-state index in [0.29, 0.717) is 0 Å². The second-order valence-corrected chi connectivity index (χ2v) is 3.36. The van der Waals surface area contributed by atoms with Crippen LogP contribution in [0.1, 0.15) is 26.3 Å². The van der Waals surface area contributed by atoms with E-state index in [1.54, 1.807) is 13.8 Å². The van der Waals surface area contributed by atoms with Crippen LogP contribution in [-0.4, -0.2) is 25.2 Å². The maximum atomic E-state index is 11.9. The number of hydrogen-bond donors (Lipinski definition) is 0. The summed E-state index contributed by atoms with van der Waals surface area (Å²) in [7, 11) is 0. The van der Waals surface area contributed by atoms with E-state index in [9.17, 15) is 9.59 Å². The van der Waals surface area contributed by atoms with Crippen LogP contribution in [-0.2, 0) is 25.5 Å². The molecule has 4 nitrogen and oxygen atoms in total. The smallest absolute Gasteiger partial charge is 0.320 e. The fourth-order valence-corrected chi connectivity index (χ4v) is 1.33. The molecule has 0 heterocycles. The number of hydrogen-bond acceptors (Lipinski definition) is 4. The van der Waals surface area contributed by atoms with Crippen molar-refractivity contribution >= 4 is 11.9 Å². The monoisotopic (exact) mass is 255 g/mol. The van der Waals surface area contributed by atoms with Crippen LogP contribution in [0.4, 0.5) is 0 Å². The third kappa shape index (κ3) is 4.20. The zero-order valence-electron chi connectivity index (χ0n) is 15.3. The lowest BCUT2D eigenvalue weighted by atomic mass is 9.99. The molecule has 0 spiro atoms. The SMILES string of the molecule is [2H]c1c([2H])c([2H])c(CC(C(=O)OCC)C(=O)OCC)c([2H])c1[2H]. The molecule has 0 amide bonds. The molecule has 1 rings (SSSR count). The van der Waals surface area contributed by atoms with Gasteiger partial charge in [0.05, 0.1) is 20.1 Å². The first kappa shape index (κ1) is 8.29. The number of benzene rings is 1. The zero-order valence-corrected chi connectivity index (χ0v) is 10.3. The van der Waals surface area contributed by atoms with Crippen molar-refractivity contribution in [3.05, 3.63) is 35.8 Å². The summed E-state index contributed by atoms with van der Waals surface area (Å²) in [5, 5.41) is 0. The first-order chi connectivity index (χ1) is 10.8. The van der Waals surface area contributed by atoms with E-state index < -0.39 is 48.1 Å². The largest absolute Gasteiger partial charge is 0.465 e. The van der Waals surface area contributed by atoms with Crippen molar-refractivity contribution in [3.63, 3.8) is 0 Å². The molecule has 0 aliphatic rings. The maximum absolute atomic E-state index is 11.9. The second kappa shape index (κ2) is 7.48. The molecular weight excluding hydrogens is 232 g/mol. The lowest BCUT2D eigenvalue weighted by Crippen LogP contribution is -2.30. The van der Waals surface area contributed by atoms with E-state index >= 15 is 0 Å². The van der Waals surface area contributed by atoms with Crippen LogP contribution in [0.15, 0.2) is 30.2 Å². The van der Waals surface area contributed by atoms with E-state index in [1.807, 2.05) is 0 Å². The van der Waals surface area contributed by atoms with Crippen LogP contribution >= 0.6 is 0 Å². The molecule has 0 N–H and O–H groups in total. The molecule has 0 aromatic heterocycles. The van der Waals surface area contributed by atoms with Crippen molar-refractivity contribution in [2.24, 2.45) is 5.92 Å². The second-order valence-electron chi connectivity index (χ2n) is 3.36. The predicted molar refractivity (Wildman–Crippen MR) is 66.9 cm³/mol. The molecule has 1 aromatic carbocycles. The van der Waals surface area contributed by atoms with Crippen LogP contribution in [0.3, 0.4) is 0 Å². The summed E-state index contributed by atoms with van der Waals surface area (Å²) in [6.07, 6.45) is -0.382. The molecule has 98 valence electrons. The minimum atomic E-state index is -1.38. The summed E-state index contributed by atoms with van der Waals surface area (Å²) < 4.78 is 48.1. The van der Waals surface area contributed by atoms with Crippen LogP contribution < -0.4 is 0 Å². The predicted octanol–water partition coefficient (Wildman–Crippen LogP) is 1.97. The molecule has 0 aliphatic carbocycles. The van der Waals surface area contributed by atoms with E-state index in [1.165, 1.54) is 0 Å². The Bertz CT molecular complexity index is 571. The summed E-state index contributed by atoms with van der Waals surface area (Å²) in [6, 6.07) is -2.48. The number of esters is 2. The normalized spacial score (nSPS) is 14.1. The van der Waals surface area contributed by atoms with Gasteiger partial charge in [-0.25, -0.2) is 0 Å². The van der Waals surface area contributed by atoms with Gasteiger partial charge in [-0.3, -0.25) is 9.59 Å². The van der Waals surface area contributed by atoms with Gasteiger partial charge in [-0.2, -0.15) is 0 Å². The maximum Gasteiger partial charge on any atom is 0.320 e. The summed E-state index contributed by atoms with van der Waals surface area (Å²) in [6.45, 7) is 3.25. The van der Waals surface area contributed by atoms with Crippen LogP contribution in [0.2, 0.25) is 0 Å². The van der Waals surface area contributed by atoms with E-state index in [-0.39, 0.29) is 25.2 Å².